The van der Waals surface area contributed by atoms with Crippen molar-refractivity contribution in [2.45, 2.75) is 38.6 Å². The summed E-state index contributed by atoms with van der Waals surface area (Å²) in [6, 6.07) is 4.10. The zero-order valence-corrected chi connectivity index (χ0v) is 17.7. The van der Waals surface area contributed by atoms with Crippen molar-refractivity contribution in [1.82, 2.24) is 14.7 Å². The molecule has 2 amide bonds. The lowest BCUT2D eigenvalue weighted by Crippen LogP contribution is -2.58. The van der Waals surface area contributed by atoms with Crippen LogP contribution in [0, 0.1) is 0 Å². The molecule has 0 bridgehead atoms. The van der Waals surface area contributed by atoms with Crippen molar-refractivity contribution in [3.05, 3.63) is 28.2 Å². The molecule has 0 saturated carbocycles. The van der Waals surface area contributed by atoms with Crippen LogP contribution in [0.2, 0.25) is 10.0 Å². The Morgan fingerprint density at radius 3 is 2.54 bits per heavy atom. The highest BCUT2D eigenvalue weighted by molar-refractivity contribution is 6.42. The van der Waals surface area contributed by atoms with Crippen LogP contribution in [0.25, 0.3) is 0 Å². The van der Waals surface area contributed by atoms with Gasteiger partial charge in [0.05, 0.1) is 10.0 Å². The van der Waals surface area contributed by atoms with Gasteiger partial charge in [0.2, 0.25) is 5.91 Å². The zero-order valence-electron chi connectivity index (χ0n) is 16.2. The first-order valence-electron chi connectivity index (χ1n) is 9.90. The molecule has 0 aliphatic carbocycles. The van der Waals surface area contributed by atoms with Crippen molar-refractivity contribution in [2.75, 3.05) is 39.3 Å². The quantitative estimate of drug-likeness (QED) is 0.714. The van der Waals surface area contributed by atoms with Crippen molar-refractivity contribution in [1.29, 1.82) is 0 Å². The monoisotopic (exact) mass is 427 g/mol. The molecule has 2 aliphatic rings. The largest absolute Gasteiger partial charge is 0.415 e. The van der Waals surface area contributed by atoms with Crippen LogP contribution in [0.5, 0.6) is 5.75 Å². The molecule has 0 aromatic heterocycles. The Bertz CT molecular complexity index is 710. The topological polar surface area (TPSA) is 53.1 Å². The molecule has 1 aromatic rings. The Kier molecular flexibility index (Phi) is 7.43. The highest BCUT2D eigenvalue weighted by atomic mass is 35.5. The predicted octanol–water partition coefficient (Wildman–Crippen LogP) is 3.90. The molecule has 154 valence electrons. The average molecular weight is 428 g/mol. The highest BCUT2D eigenvalue weighted by Gasteiger charge is 2.35. The van der Waals surface area contributed by atoms with Crippen molar-refractivity contribution in [3.8, 4) is 5.75 Å². The summed E-state index contributed by atoms with van der Waals surface area (Å²) in [7, 11) is 0. The molecular formula is C20H27Cl2N3O3. The molecule has 0 spiro atoms. The molecule has 1 atom stereocenters. The van der Waals surface area contributed by atoms with Gasteiger partial charge in [0, 0.05) is 25.7 Å². The number of piperazine rings is 1. The van der Waals surface area contributed by atoms with Crippen LogP contribution in [-0.2, 0) is 4.79 Å². The third-order valence-corrected chi connectivity index (χ3v) is 6.17. The van der Waals surface area contributed by atoms with E-state index in [0.717, 1.165) is 19.5 Å². The minimum absolute atomic E-state index is 0.0315. The number of ether oxygens (including phenoxy) is 1. The van der Waals surface area contributed by atoms with E-state index in [0.29, 0.717) is 28.9 Å². The van der Waals surface area contributed by atoms with Crippen molar-refractivity contribution >= 4 is 35.2 Å². The number of carbonyl (C=O) groups excluding carboxylic acids is 2. The zero-order chi connectivity index (χ0) is 20.1. The Morgan fingerprint density at radius 1 is 1.07 bits per heavy atom. The number of rotatable bonds is 5. The standard InChI is InChI=1S/C20H27Cl2N3O3/c1-15-19(26)24(11-5-10-23-8-3-2-4-9-23)12-13-25(15)20(27)28-16-6-7-17(21)18(22)14-16/h6-7,14-15H,2-5,8-13H2,1H3/t15-/m0/s1. The van der Waals surface area contributed by atoms with Crippen LogP contribution >= 0.6 is 23.2 Å². The van der Waals surface area contributed by atoms with Crippen molar-refractivity contribution < 1.29 is 14.3 Å². The molecule has 2 heterocycles. The Balaban J connectivity index is 1.48. The number of benzene rings is 1. The van der Waals surface area contributed by atoms with Gasteiger partial charge in [-0.3, -0.25) is 9.69 Å². The molecule has 0 radical (unpaired) electrons. The van der Waals surface area contributed by atoms with Gasteiger partial charge in [-0.25, -0.2) is 4.79 Å². The second-order valence-electron chi connectivity index (χ2n) is 7.39. The van der Waals surface area contributed by atoms with Crippen molar-refractivity contribution in [2.24, 2.45) is 0 Å². The minimum atomic E-state index is -0.549. The van der Waals surface area contributed by atoms with Crippen LogP contribution in [0.1, 0.15) is 32.6 Å². The summed E-state index contributed by atoms with van der Waals surface area (Å²) in [5.74, 6) is 0.277. The third kappa shape index (κ3) is 5.31. The van der Waals surface area contributed by atoms with E-state index in [1.165, 1.54) is 43.3 Å². The first-order chi connectivity index (χ1) is 13.5. The average Bonchev–Trinajstić information content (AvgIpc) is 2.69. The fourth-order valence-corrected chi connectivity index (χ4v) is 4.06. The molecule has 2 fully saturated rings. The van der Waals surface area contributed by atoms with Crippen molar-refractivity contribution in [3.63, 3.8) is 0 Å². The summed E-state index contributed by atoms with van der Waals surface area (Å²) < 4.78 is 5.37. The number of likely N-dealkylation sites (tertiary alicyclic amines) is 1. The van der Waals surface area contributed by atoms with Gasteiger partial charge in [0.15, 0.2) is 0 Å². The molecule has 3 rings (SSSR count). The van der Waals surface area contributed by atoms with E-state index in [1.54, 1.807) is 19.1 Å². The fourth-order valence-electron chi connectivity index (χ4n) is 3.77. The summed E-state index contributed by atoms with van der Waals surface area (Å²) >= 11 is 11.8. The smallest absolute Gasteiger partial charge is 0.410 e. The van der Waals surface area contributed by atoms with E-state index < -0.39 is 12.1 Å². The van der Waals surface area contributed by atoms with Gasteiger partial charge < -0.3 is 14.5 Å². The second kappa shape index (κ2) is 9.81. The summed E-state index contributed by atoms with van der Waals surface area (Å²) in [5.41, 5.74) is 0. The van der Waals surface area contributed by atoms with Gasteiger partial charge in [-0.1, -0.05) is 29.6 Å². The Morgan fingerprint density at radius 2 is 1.82 bits per heavy atom. The number of halogens is 2. The number of carbonyl (C=O) groups is 2. The summed E-state index contributed by atoms with van der Waals surface area (Å²) in [4.78, 5) is 31.0. The molecule has 2 saturated heterocycles. The maximum absolute atomic E-state index is 12.7. The minimum Gasteiger partial charge on any atom is -0.410 e. The van der Waals surface area contributed by atoms with Gasteiger partial charge in [-0.05, 0) is 58.0 Å². The number of piperidine rings is 1. The number of amides is 2. The number of nitrogens with zero attached hydrogens (tertiary/aromatic N) is 3. The van der Waals surface area contributed by atoms with Gasteiger partial charge in [-0.2, -0.15) is 0 Å². The molecule has 1 aromatic carbocycles. The van der Waals surface area contributed by atoms with Gasteiger partial charge in [0.1, 0.15) is 11.8 Å². The van der Waals surface area contributed by atoms with Crippen LogP contribution < -0.4 is 4.74 Å². The maximum atomic E-state index is 12.7. The highest BCUT2D eigenvalue weighted by Crippen LogP contribution is 2.27. The lowest BCUT2D eigenvalue weighted by molar-refractivity contribution is -0.139. The SMILES string of the molecule is C[C@H]1C(=O)N(CCCN2CCCCC2)CCN1C(=O)Oc1ccc(Cl)c(Cl)c1. The lowest BCUT2D eigenvalue weighted by atomic mass is 10.1. The number of hydrogen-bond acceptors (Lipinski definition) is 4. The third-order valence-electron chi connectivity index (χ3n) is 5.43. The normalized spacial score (nSPS) is 21.1. The summed E-state index contributed by atoms with van der Waals surface area (Å²) in [5, 5.41) is 0.706. The van der Waals surface area contributed by atoms with E-state index in [-0.39, 0.29) is 5.91 Å². The van der Waals surface area contributed by atoms with Gasteiger partial charge >= 0.3 is 6.09 Å². The molecule has 6 nitrogen and oxygen atoms in total. The van der Waals surface area contributed by atoms with E-state index >= 15 is 0 Å². The molecule has 28 heavy (non-hydrogen) atoms. The Labute approximate surface area is 176 Å². The van der Waals surface area contributed by atoms with E-state index in [9.17, 15) is 9.59 Å². The molecular weight excluding hydrogens is 401 g/mol. The predicted molar refractivity (Wildman–Crippen MR) is 110 cm³/mol. The van der Waals surface area contributed by atoms with Crippen LogP contribution in [0.4, 0.5) is 4.79 Å². The summed E-state index contributed by atoms with van der Waals surface area (Å²) in [6.07, 6.45) is 4.29. The van der Waals surface area contributed by atoms with Crippen LogP contribution in [0.15, 0.2) is 18.2 Å². The molecule has 0 N–H and O–H groups in total. The van der Waals surface area contributed by atoms with E-state index in [4.69, 9.17) is 27.9 Å². The Hall–Kier alpha value is -1.50. The maximum Gasteiger partial charge on any atom is 0.415 e. The fraction of sp³-hybridized carbons (Fsp3) is 0.600. The van der Waals surface area contributed by atoms with Gasteiger partial charge in [-0.15, -0.1) is 0 Å². The first kappa shape index (κ1) is 21.2. The van der Waals surface area contributed by atoms with Crippen LogP contribution in [-0.4, -0.2) is 72.0 Å². The van der Waals surface area contributed by atoms with E-state index in [2.05, 4.69) is 4.90 Å². The van der Waals surface area contributed by atoms with Crippen LogP contribution in [0.3, 0.4) is 0 Å². The molecule has 8 heteroatoms. The second-order valence-corrected chi connectivity index (χ2v) is 8.21. The van der Waals surface area contributed by atoms with E-state index in [1.807, 2.05) is 4.90 Å². The first-order valence-corrected chi connectivity index (χ1v) is 10.7. The molecule has 2 aliphatic heterocycles. The summed E-state index contributed by atoms with van der Waals surface area (Å²) in [6.45, 7) is 6.82. The number of hydrogen-bond donors (Lipinski definition) is 0. The lowest BCUT2D eigenvalue weighted by Gasteiger charge is -2.38. The molecule has 0 unspecified atom stereocenters. The van der Waals surface area contributed by atoms with Gasteiger partial charge in [0.25, 0.3) is 0 Å².